The summed E-state index contributed by atoms with van der Waals surface area (Å²) in [5, 5.41) is 11.4. The van der Waals surface area contributed by atoms with Crippen molar-refractivity contribution < 1.29 is 19.2 Å². The second-order valence-corrected chi connectivity index (χ2v) is 6.58. The first kappa shape index (κ1) is 17.4. The molecule has 0 fully saturated rings. The van der Waals surface area contributed by atoms with E-state index in [0.717, 1.165) is 5.56 Å². The Balaban J connectivity index is 1.57. The third-order valence-corrected chi connectivity index (χ3v) is 4.76. The number of hydrogen-bond donors (Lipinski definition) is 0. The minimum Gasteiger partial charge on any atom is -0.486 e. The lowest BCUT2D eigenvalue weighted by Crippen LogP contribution is -2.26. The zero-order valence-electron chi connectivity index (χ0n) is 14.2. The zero-order valence-corrected chi connectivity index (χ0v) is 14.9. The van der Waals surface area contributed by atoms with Gasteiger partial charge in [-0.3, -0.25) is 14.9 Å². The fourth-order valence-corrected chi connectivity index (χ4v) is 3.47. The number of carbonyl (C=O) groups excluding carboxylic acids is 1. The highest BCUT2D eigenvalue weighted by Gasteiger charge is 2.25. The van der Waals surface area contributed by atoms with E-state index in [1.807, 2.05) is 0 Å². The second kappa shape index (κ2) is 6.92. The van der Waals surface area contributed by atoms with Crippen molar-refractivity contribution in [1.29, 1.82) is 0 Å². The maximum atomic E-state index is 12.6. The van der Waals surface area contributed by atoms with Crippen LogP contribution < -0.4 is 14.4 Å². The normalized spacial score (nSPS) is 15.1. The number of hydrogen-bond acceptors (Lipinski definition) is 5. The van der Waals surface area contributed by atoms with Gasteiger partial charge < -0.3 is 14.4 Å². The molecule has 0 unspecified atom stereocenters. The van der Waals surface area contributed by atoms with E-state index in [9.17, 15) is 14.9 Å². The van der Waals surface area contributed by atoms with Gasteiger partial charge in [-0.05, 0) is 35.8 Å². The number of amides is 1. The molecule has 0 aliphatic carbocycles. The molecule has 0 spiro atoms. The Morgan fingerprint density at radius 1 is 1.22 bits per heavy atom. The molecule has 138 valence electrons. The Morgan fingerprint density at radius 3 is 2.85 bits per heavy atom. The molecule has 0 aromatic heterocycles. The molecule has 0 saturated heterocycles. The van der Waals surface area contributed by atoms with E-state index >= 15 is 0 Å². The van der Waals surface area contributed by atoms with Crippen LogP contribution >= 0.6 is 11.6 Å². The predicted molar refractivity (Wildman–Crippen MR) is 101 cm³/mol. The largest absolute Gasteiger partial charge is 0.486 e. The number of halogens is 1. The van der Waals surface area contributed by atoms with Crippen LogP contribution in [0.3, 0.4) is 0 Å². The summed E-state index contributed by atoms with van der Waals surface area (Å²) in [5.41, 5.74) is 2.18. The van der Waals surface area contributed by atoms with E-state index in [-0.39, 0.29) is 11.6 Å². The number of nitrogens with zero attached hydrogens (tertiary/aromatic N) is 2. The Labute approximate surface area is 159 Å². The summed E-state index contributed by atoms with van der Waals surface area (Å²) in [4.78, 5) is 24.7. The van der Waals surface area contributed by atoms with Crippen LogP contribution in [0.15, 0.2) is 36.4 Å². The monoisotopic (exact) mass is 386 g/mol. The van der Waals surface area contributed by atoms with Crippen LogP contribution in [0.25, 0.3) is 6.08 Å². The van der Waals surface area contributed by atoms with Crippen molar-refractivity contribution in [2.24, 2.45) is 0 Å². The molecule has 0 saturated carbocycles. The van der Waals surface area contributed by atoms with Gasteiger partial charge in [0.25, 0.3) is 11.6 Å². The van der Waals surface area contributed by atoms with Crippen molar-refractivity contribution in [1.82, 2.24) is 0 Å². The van der Waals surface area contributed by atoms with Crippen molar-refractivity contribution in [2.75, 3.05) is 24.7 Å². The molecule has 1 amide bonds. The fraction of sp³-hybridized carbons (Fsp3) is 0.211. The van der Waals surface area contributed by atoms with Crippen LogP contribution in [0.1, 0.15) is 11.1 Å². The molecule has 2 heterocycles. The smallest absolute Gasteiger partial charge is 0.271 e. The van der Waals surface area contributed by atoms with E-state index in [2.05, 4.69) is 0 Å². The van der Waals surface area contributed by atoms with Gasteiger partial charge in [-0.1, -0.05) is 17.7 Å². The van der Waals surface area contributed by atoms with Crippen LogP contribution in [0.4, 0.5) is 11.4 Å². The number of rotatable bonds is 3. The number of anilines is 1. The summed E-state index contributed by atoms with van der Waals surface area (Å²) in [7, 11) is 0. The Bertz CT molecular complexity index is 973. The number of nitro groups is 1. The standard InChI is InChI=1S/C19H15ClN2O5/c20-15-9-12(10-17-19(15)27-8-7-26-17)1-4-18(23)21-6-5-13-2-3-14(22(24)25)11-16(13)21/h1-4,9-11H,5-8H2/b4-1+. The van der Waals surface area contributed by atoms with Crippen LogP contribution in [-0.4, -0.2) is 30.6 Å². The summed E-state index contributed by atoms with van der Waals surface area (Å²) in [6.45, 7) is 1.38. The van der Waals surface area contributed by atoms with Gasteiger partial charge in [-0.15, -0.1) is 0 Å². The van der Waals surface area contributed by atoms with Crippen molar-refractivity contribution in [3.05, 3.63) is 62.7 Å². The van der Waals surface area contributed by atoms with Crippen molar-refractivity contribution in [3.63, 3.8) is 0 Å². The molecule has 8 heteroatoms. The van der Waals surface area contributed by atoms with Crippen LogP contribution in [0.5, 0.6) is 11.5 Å². The molecular weight excluding hydrogens is 372 g/mol. The molecule has 0 atom stereocenters. The lowest BCUT2D eigenvalue weighted by molar-refractivity contribution is -0.384. The molecule has 2 aliphatic rings. The van der Waals surface area contributed by atoms with Gasteiger partial charge >= 0.3 is 0 Å². The Kier molecular flexibility index (Phi) is 4.45. The molecule has 0 bridgehead atoms. The van der Waals surface area contributed by atoms with E-state index in [1.165, 1.54) is 18.2 Å². The Morgan fingerprint density at radius 2 is 2.04 bits per heavy atom. The van der Waals surface area contributed by atoms with E-state index in [1.54, 1.807) is 29.2 Å². The maximum Gasteiger partial charge on any atom is 0.271 e. The molecule has 2 aromatic rings. The lowest BCUT2D eigenvalue weighted by Gasteiger charge is -2.19. The predicted octanol–water partition coefficient (Wildman–Crippen LogP) is 3.62. The number of ether oxygens (including phenoxy) is 2. The zero-order chi connectivity index (χ0) is 19.0. The first-order valence-electron chi connectivity index (χ1n) is 8.39. The second-order valence-electron chi connectivity index (χ2n) is 6.17. The highest BCUT2D eigenvalue weighted by molar-refractivity contribution is 6.32. The van der Waals surface area contributed by atoms with Gasteiger partial charge in [0.1, 0.15) is 13.2 Å². The van der Waals surface area contributed by atoms with Gasteiger partial charge in [0.2, 0.25) is 0 Å². The summed E-state index contributed by atoms with van der Waals surface area (Å²) >= 11 is 6.21. The van der Waals surface area contributed by atoms with E-state index < -0.39 is 4.92 Å². The summed E-state index contributed by atoms with van der Waals surface area (Å²) in [6, 6.07) is 8.05. The molecule has 7 nitrogen and oxygen atoms in total. The number of fused-ring (bicyclic) bond motifs is 2. The molecule has 4 rings (SSSR count). The minimum atomic E-state index is -0.464. The first-order valence-corrected chi connectivity index (χ1v) is 8.77. The minimum absolute atomic E-state index is 0.0314. The van der Waals surface area contributed by atoms with Crippen LogP contribution in [-0.2, 0) is 11.2 Å². The molecule has 27 heavy (non-hydrogen) atoms. The average Bonchev–Trinajstić information content (AvgIpc) is 3.09. The SMILES string of the molecule is O=C(/C=C/c1cc(Cl)c2c(c1)OCCO2)N1CCc2ccc([N+](=O)[O-])cc21. The van der Waals surface area contributed by atoms with Crippen molar-refractivity contribution >= 4 is 35.0 Å². The Hall–Kier alpha value is -3.06. The number of nitro benzene ring substituents is 1. The third kappa shape index (κ3) is 3.33. The molecule has 2 aliphatic heterocycles. The number of carbonyl (C=O) groups is 1. The maximum absolute atomic E-state index is 12.6. The highest BCUT2D eigenvalue weighted by Crippen LogP contribution is 2.38. The summed E-state index contributed by atoms with van der Waals surface area (Å²) in [6.07, 6.45) is 3.74. The molecule has 0 N–H and O–H groups in total. The van der Waals surface area contributed by atoms with Gasteiger partial charge in [0.15, 0.2) is 11.5 Å². The lowest BCUT2D eigenvalue weighted by atomic mass is 10.1. The fourth-order valence-electron chi connectivity index (χ4n) is 3.19. The van der Waals surface area contributed by atoms with Crippen LogP contribution in [0.2, 0.25) is 5.02 Å². The molecule has 2 aromatic carbocycles. The van der Waals surface area contributed by atoms with Gasteiger partial charge in [-0.2, -0.15) is 0 Å². The number of benzene rings is 2. The first-order chi connectivity index (χ1) is 13.0. The van der Waals surface area contributed by atoms with Gasteiger partial charge in [0.05, 0.1) is 15.6 Å². The van der Waals surface area contributed by atoms with Gasteiger partial charge in [0, 0.05) is 24.8 Å². The highest BCUT2D eigenvalue weighted by atomic mass is 35.5. The molecule has 0 radical (unpaired) electrons. The van der Waals surface area contributed by atoms with E-state index in [4.69, 9.17) is 21.1 Å². The topological polar surface area (TPSA) is 81.9 Å². The van der Waals surface area contributed by atoms with Crippen LogP contribution in [0, 0.1) is 10.1 Å². The van der Waals surface area contributed by atoms with E-state index in [0.29, 0.717) is 54.0 Å². The summed E-state index contributed by atoms with van der Waals surface area (Å²) in [5.74, 6) is 0.801. The number of non-ortho nitro benzene ring substituents is 1. The third-order valence-electron chi connectivity index (χ3n) is 4.48. The van der Waals surface area contributed by atoms with Crippen molar-refractivity contribution in [2.45, 2.75) is 6.42 Å². The summed E-state index contributed by atoms with van der Waals surface area (Å²) < 4.78 is 11.0. The van der Waals surface area contributed by atoms with Crippen molar-refractivity contribution in [3.8, 4) is 11.5 Å². The quantitative estimate of drug-likeness (QED) is 0.457. The van der Waals surface area contributed by atoms with Gasteiger partial charge in [-0.25, -0.2) is 0 Å². The average molecular weight is 387 g/mol. The molecular formula is C19H15ClN2O5.